The lowest BCUT2D eigenvalue weighted by Crippen LogP contribution is -2.58. The Hall–Kier alpha value is -0.240. The number of hydrogen-bond donors (Lipinski definition) is 5. The van der Waals surface area contributed by atoms with Gasteiger partial charge in [0, 0.05) is 0 Å². The van der Waals surface area contributed by atoms with Gasteiger partial charge in [0.1, 0.15) is 24.4 Å². The Morgan fingerprint density at radius 1 is 1.17 bits per heavy atom. The van der Waals surface area contributed by atoms with Crippen LogP contribution in [0.3, 0.4) is 0 Å². The summed E-state index contributed by atoms with van der Waals surface area (Å²) in [4.78, 5) is 0. The minimum absolute atomic E-state index is 0.754. The lowest BCUT2D eigenvalue weighted by molar-refractivity contribution is -0.286. The molecule has 5 atom stereocenters. The SMILES string of the molecule is [2H]C1(O)O[C@H](CO)[C@@H](O)[C@H](O)[C@]1([2H])O. The van der Waals surface area contributed by atoms with Crippen molar-refractivity contribution in [3.8, 4) is 0 Å². The molecule has 0 aromatic heterocycles. The van der Waals surface area contributed by atoms with Crippen molar-refractivity contribution in [2.45, 2.75) is 30.7 Å². The molecular weight excluding hydrogens is 168 g/mol. The number of aliphatic hydroxyl groups excluding tert-OH is 3. The normalized spacial score (nSPS) is 63.9. The zero-order chi connectivity index (χ0) is 11.1. The van der Waals surface area contributed by atoms with Crippen LogP contribution in [0.5, 0.6) is 0 Å². The fourth-order valence-corrected chi connectivity index (χ4v) is 0.910. The van der Waals surface area contributed by atoms with Gasteiger partial charge in [-0.05, 0) is 0 Å². The van der Waals surface area contributed by atoms with Gasteiger partial charge in [0.2, 0.25) is 0 Å². The predicted molar refractivity (Wildman–Crippen MR) is 36.0 cm³/mol. The van der Waals surface area contributed by atoms with Crippen molar-refractivity contribution in [2.75, 3.05) is 6.61 Å². The summed E-state index contributed by atoms with van der Waals surface area (Å²) in [6, 6.07) is 0. The van der Waals surface area contributed by atoms with E-state index in [0.717, 1.165) is 0 Å². The first kappa shape index (κ1) is 7.19. The minimum atomic E-state index is -3.10. The van der Waals surface area contributed by atoms with E-state index in [1.165, 1.54) is 0 Å². The van der Waals surface area contributed by atoms with Crippen LogP contribution in [-0.2, 0) is 4.74 Å². The average molecular weight is 182 g/mol. The van der Waals surface area contributed by atoms with Gasteiger partial charge in [-0.15, -0.1) is 0 Å². The highest BCUT2D eigenvalue weighted by Gasteiger charge is 2.42. The molecule has 1 rings (SSSR count). The summed E-state index contributed by atoms with van der Waals surface area (Å²) in [5, 5.41) is 45.3. The molecule has 0 aromatic rings. The zero-order valence-corrected chi connectivity index (χ0v) is 6.08. The smallest absolute Gasteiger partial charge is 0.184 e. The minimum Gasteiger partial charge on any atom is -0.394 e. The van der Waals surface area contributed by atoms with Crippen LogP contribution in [0, 0.1) is 0 Å². The van der Waals surface area contributed by atoms with Crippen molar-refractivity contribution >= 4 is 0 Å². The van der Waals surface area contributed by atoms with Crippen LogP contribution < -0.4 is 0 Å². The zero-order valence-electron chi connectivity index (χ0n) is 8.08. The van der Waals surface area contributed by atoms with Gasteiger partial charge in [-0.1, -0.05) is 0 Å². The number of aliphatic hydroxyl groups is 5. The molecule has 1 fully saturated rings. The van der Waals surface area contributed by atoms with E-state index in [-0.39, 0.29) is 0 Å². The summed E-state index contributed by atoms with van der Waals surface area (Å²) in [6.45, 7) is -0.754. The first-order valence-electron chi connectivity index (χ1n) is 4.33. The van der Waals surface area contributed by atoms with Gasteiger partial charge in [0.25, 0.3) is 0 Å². The number of rotatable bonds is 1. The van der Waals surface area contributed by atoms with Gasteiger partial charge >= 0.3 is 0 Å². The maximum Gasteiger partial charge on any atom is 0.184 e. The van der Waals surface area contributed by atoms with E-state index in [2.05, 4.69) is 4.74 Å². The molecule has 0 bridgehead atoms. The molecule has 1 heterocycles. The maximum absolute atomic E-state index is 9.20. The summed E-state index contributed by atoms with van der Waals surface area (Å²) in [7, 11) is 0. The molecule has 0 radical (unpaired) electrons. The maximum atomic E-state index is 9.20. The second-order valence-corrected chi connectivity index (χ2v) is 2.46. The van der Waals surface area contributed by atoms with E-state index >= 15 is 0 Å². The molecule has 0 amide bonds. The Balaban J connectivity index is 2.95. The Bertz CT molecular complexity index is 220. The number of hydrogen-bond acceptors (Lipinski definition) is 6. The molecule has 1 unspecified atom stereocenters. The molecule has 0 saturated carbocycles. The van der Waals surface area contributed by atoms with Gasteiger partial charge < -0.3 is 30.3 Å². The van der Waals surface area contributed by atoms with Crippen LogP contribution in [-0.4, -0.2) is 62.8 Å². The van der Waals surface area contributed by atoms with Crippen LogP contribution in [0.15, 0.2) is 0 Å². The quantitative estimate of drug-likeness (QED) is 0.292. The van der Waals surface area contributed by atoms with Crippen LogP contribution in [0.1, 0.15) is 2.74 Å². The molecule has 1 aliphatic rings. The summed E-state index contributed by atoms with van der Waals surface area (Å²) in [5.41, 5.74) is 0. The van der Waals surface area contributed by atoms with Gasteiger partial charge in [-0.3, -0.25) is 0 Å². The number of ether oxygens (including phenoxy) is 1. The first-order chi connectivity index (χ1) is 6.24. The molecule has 5 N–H and O–H groups in total. The van der Waals surface area contributed by atoms with Crippen LogP contribution >= 0.6 is 0 Å². The highest BCUT2D eigenvalue weighted by molar-refractivity contribution is 4.87. The second-order valence-electron chi connectivity index (χ2n) is 2.46. The van der Waals surface area contributed by atoms with Crippen molar-refractivity contribution in [1.82, 2.24) is 0 Å². The van der Waals surface area contributed by atoms with Crippen molar-refractivity contribution in [3.63, 3.8) is 0 Å². The van der Waals surface area contributed by atoms with Crippen LogP contribution in [0.4, 0.5) is 0 Å². The Morgan fingerprint density at radius 3 is 2.25 bits per heavy atom. The standard InChI is InChI=1S/C6H12O6/c7-1-2-3(8)4(9)5(10)6(11)12-2/h2-11H,1H2/t2-,3-,4+,5+,6?/m1/s1/i5D,6D. The van der Waals surface area contributed by atoms with E-state index in [1.807, 2.05) is 0 Å². The summed E-state index contributed by atoms with van der Waals surface area (Å²) in [5.74, 6) is 0. The lowest BCUT2D eigenvalue weighted by atomic mass is 10.00. The van der Waals surface area contributed by atoms with Crippen molar-refractivity contribution in [1.29, 1.82) is 0 Å². The third-order valence-electron chi connectivity index (χ3n) is 1.65. The highest BCUT2D eigenvalue weighted by atomic mass is 16.6. The van der Waals surface area contributed by atoms with Crippen LogP contribution in [0.25, 0.3) is 0 Å². The Morgan fingerprint density at radius 2 is 1.75 bits per heavy atom. The van der Waals surface area contributed by atoms with Crippen LogP contribution in [0.2, 0.25) is 0 Å². The van der Waals surface area contributed by atoms with Gasteiger partial charge in [0.15, 0.2) is 6.27 Å². The molecule has 0 aliphatic carbocycles. The molecule has 1 saturated heterocycles. The largest absolute Gasteiger partial charge is 0.394 e. The lowest BCUT2D eigenvalue weighted by Gasteiger charge is -2.37. The Kier molecular flexibility index (Phi) is 2.19. The first-order valence-corrected chi connectivity index (χ1v) is 3.33. The molecule has 1 aliphatic heterocycles. The molecule has 6 heteroatoms. The summed E-state index contributed by atoms with van der Waals surface area (Å²) < 4.78 is 18.4. The molecular formula is C6H12O6. The Labute approximate surface area is 71.5 Å². The van der Waals surface area contributed by atoms with Gasteiger partial charge in [0.05, 0.1) is 9.35 Å². The molecule has 0 spiro atoms. The fraction of sp³-hybridized carbons (Fsp3) is 1.00. The second kappa shape index (κ2) is 3.65. The van der Waals surface area contributed by atoms with Gasteiger partial charge in [-0.25, -0.2) is 0 Å². The van der Waals surface area contributed by atoms with E-state index in [1.54, 1.807) is 0 Å². The van der Waals surface area contributed by atoms with Crippen molar-refractivity contribution < 1.29 is 33.0 Å². The van der Waals surface area contributed by atoms with E-state index in [0.29, 0.717) is 0 Å². The monoisotopic (exact) mass is 182 g/mol. The molecule has 6 nitrogen and oxygen atoms in total. The fourth-order valence-electron chi connectivity index (χ4n) is 0.910. The summed E-state index contributed by atoms with van der Waals surface area (Å²) in [6.07, 6.45) is -11.4. The topological polar surface area (TPSA) is 110 Å². The third kappa shape index (κ3) is 1.58. The van der Waals surface area contributed by atoms with E-state index < -0.39 is 37.3 Å². The third-order valence-corrected chi connectivity index (χ3v) is 1.65. The molecule has 12 heavy (non-hydrogen) atoms. The highest BCUT2D eigenvalue weighted by Crippen LogP contribution is 2.18. The summed E-state index contributed by atoms with van der Waals surface area (Å²) >= 11 is 0. The van der Waals surface area contributed by atoms with Crippen molar-refractivity contribution in [2.24, 2.45) is 0 Å². The average Bonchev–Trinajstić information content (AvgIpc) is 2.09. The van der Waals surface area contributed by atoms with Gasteiger partial charge in [-0.2, -0.15) is 0 Å². The predicted octanol–water partition coefficient (Wildman–Crippen LogP) is -3.22. The van der Waals surface area contributed by atoms with Crippen molar-refractivity contribution in [3.05, 3.63) is 0 Å². The molecule has 0 aromatic carbocycles. The van der Waals surface area contributed by atoms with E-state index in [4.69, 9.17) is 18.1 Å². The van der Waals surface area contributed by atoms with E-state index in [9.17, 15) is 10.2 Å². The molecule has 72 valence electrons.